The second kappa shape index (κ2) is 2.12. The fourth-order valence-electron chi connectivity index (χ4n) is 0.384. The summed E-state index contributed by atoms with van der Waals surface area (Å²) in [5, 5.41) is 6.21. The van der Waals surface area contributed by atoms with E-state index >= 15 is 0 Å². The van der Waals surface area contributed by atoms with Gasteiger partial charge in [0.05, 0.1) is 0 Å². The number of hydrogen-bond donors (Lipinski definition) is 1. The summed E-state index contributed by atoms with van der Waals surface area (Å²) in [5.74, 6) is 6.01. The molecule has 1 aromatic rings. The van der Waals surface area contributed by atoms with Gasteiger partial charge in [0.25, 0.3) is 0 Å². The first-order valence-electron chi connectivity index (χ1n) is 2.21. The van der Waals surface area contributed by atoms with Crippen molar-refractivity contribution in [3.8, 4) is 11.8 Å². The van der Waals surface area contributed by atoms with Crippen molar-refractivity contribution in [1.82, 2.24) is 15.2 Å². The van der Waals surface area contributed by atoms with Gasteiger partial charge in [0, 0.05) is 0 Å². The minimum atomic E-state index is 0.618. The van der Waals surface area contributed by atoms with Gasteiger partial charge in [-0.1, -0.05) is 5.92 Å². The lowest BCUT2D eigenvalue weighted by Crippen LogP contribution is -1.73. The number of nitrogens with one attached hydrogen (secondary N) is 1. The molecule has 0 spiro atoms. The zero-order valence-electron chi connectivity index (χ0n) is 4.47. The van der Waals surface area contributed by atoms with Gasteiger partial charge in [-0.3, -0.25) is 5.10 Å². The Kier molecular flexibility index (Phi) is 1.29. The van der Waals surface area contributed by atoms with Gasteiger partial charge in [0.1, 0.15) is 6.33 Å². The summed E-state index contributed by atoms with van der Waals surface area (Å²) in [6.45, 7) is 1.75. The SMILES string of the molecule is CC#Cc1ncn[nH]1. The maximum atomic E-state index is 3.77. The van der Waals surface area contributed by atoms with Crippen molar-refractivity contribution in [2.45, 2.75) is 6.92 Å². The molecule has 3 heteroatoms. The molecule has 0 aliphatic carbocycles. The minimum absolute atomic E-state index is 0.618. The third-order valence-corrected chi connectivity index (χ3v) is 0.658. The number of H-pyrrole nitrogens is 1. The van der Waals surface area contributed by atoms with Crippen molar-refractivity contribution in [1.29, 1.82) is 0 Å². The molecular weight excluding hydrogens is 102 g/mol. The second-order valence-corrected chi connectivity index (χ2v) is 1.21. The van der Waals surface area contributed by atoms with Crippen molar-refractivity contribution in [3.63, 3.8) is 0 Å². The Morgan fingerprint density at radius 3 is 3.12 bits per heavy atom. The topological polar surface area (TPSA) is 41.6 Å². The standard InChI is InChI=1S/C5H5N3/c1-2-3-5-6-4-7-8-5/h4H,1H3,(H,6,7,8). The molecule has 0 saturated heterocycles. The lowest BCUT2D eigenvalue weighted by atomic mass is 10.6. The molecule has 0 unspecified atom stereocenters. The highest BCUT2D eigenvalue weighted by molar-refractivity contribution is 5.16. The number of nitrogens with zero attached hydrogens (tertiary/aromatic N) is 2. The lowest BCUT2D eigenvalue weighted by Gasteiger charge is -1.69. The Hall–Kier alpha value is -1.30. The third-order valence-electron chi connectivity index (χ3n) is 0.658. The van der Waals surface area contributed by atoms with Crippen molar-refractivity contribution in [2.75, 3.05) is 0 Å². The largest absolute Gasteiger partial charge is 0.253 e. The molecule has 1 aromatic heterocycles. The van der Waals surface area contributed by atoms with E-state index in [4.69, 9.17) is 0 Å². The van der Waals surface area contributed by atoms with Gasteiger partial charge in [-0.05, 0) is 12.8 Å². The number of rotatable bonds is 0. The molecule has 0 atom stereocenters. The van der Waals surface area contributed by atoms with Gasteiger partial charge in [-0.2, -0.15) is 5.10 Å². The van der Waals surface area contributed by atoms with E-state index in [2.05, 4.69) is 27.0 Å². The molecule has 0 radical (unpaired) electrons. The van der Waals surface area contributed by atoms with Gasteiger partial charge < -0.3 is 0 Å². The van der Waals surface area contributed by atoms with Crippen LogP contribution in [0.5, 0.6) is 0 Å². The molecule has 0 fully saturated rings. The van der Waals surface area contributed by atoms with Crippen molar-refractivity contribution in [2.24, 2.45) is 0 Å². The summed E-state index contributed by atoms with van der Waals surface area (Å²) < 4.78 is 0. The fraction of sp³-hybridized carbons (Fsp3) is 0.200. The van der Waals surface area contributed by atoms with Crippen LogP contribution in [0.1, 0.15) is 12.7 Å². The molecule has 1 rings (SSSR count). The van der Waals surface area contributed by atoms with Crippen LogP contribution in [0, 0.1) is 11.8 Å². The zero-order chi connectivity index (χ0) is 5.82. The van der Waals surface area contributed by atoms with Crippen LogP contribution < -0.4 is 0 Å². The van der Waals surface area contributed by atoms with Gasteiger partial charge >= 0.3 is 0 Å². The fourth-order valence-corrected chi connectivity index (χ4v) is 0.384. The highest BCUT2D eigenvalue weighted by Gasteiger charge is 1.81. The number of aromatic amines is 1. The van der Waals surface area contributed by atoms with Gasteiger partial charge in [-0.25, -0.2) is 4.98 Å². The molecule has 3 nitrogen and oxygen atoms in total. The van der Waals surface area contributed by atoms with Crippen LogP contribution in [0.15, 0.2) is 6.33 Å². The molecule has 0 aliphatic heterocycles. The van der Waals surface area contributed by atoms with Crippen LogP contribution in [-0.4, -0.2) is 15.2 Å². The second-order valence-electron chi connectivity index (χ2n) is 1.21. The van der Waals surface area contributed by atoms with Crippen LogP contribution in [0.2, 0.25) is 0 Å². The van der Waals surface area contributed by atoms with Crippen LogP contribution >= 0.6 is 0 Å². The molecule has 1 heterocycles. The molecule has 40 valence electrons. The number of aromatic nitrogens is 3. The summed E-state index contributed by atoms with van der Waals surface area (Å²) in [6, 6.07) is 0. The average molecular weight is 107 g/mol. The van der Waals surface area contributed by atoms with Crippen molar-refractivity contribution >= 4 is 0 Å². The number of hydrogen-bond acceptors (Lipinski definition) is 2. The predicted molar refractivity (Wildman–Crippen MR) is 28.9 cm³/mol. The third kappa shape index (κ3) is 0.850. The monoisotopic (exact) mass is 107 g/mol. The minimum Gasteiger partial charge on any atom is -0.253 e. The van der Waals surface area contributed by atoms with E-state index in [1.54, 1.807) is 6.92 Å². The van der Waals surface area contributed by atoms with E-state index in [1.165, 1.54) is 6.33 Å². The normalized spacial score (nSPS) is 7.62. The van der Waals surface area contributed by atoms with Crippen LogP contribution in [0.3, 0.4) is 0 Å². The highest BCUT2D eigenvalue weighted by atomic mass is 15.2. The molecule has 0 saturated carbocycles. The van der Waals surface area contributed by atoms with E-state index in [-0.39, 0.29) is 0 Å². The molecule has 0 aliphatic rings. The van der Waals surface area contributed by atoms with Gasteiger partial charge in [-0.15, -0.1) is 0 Å². The summed E-state index contributed by atoms with van der Waals surface area (Å²) >= 11 is 0. The maximum Gasteiger partial charge on any atom is 0.200 e. The molecule has 1 N–H and O–H groups in total. The first-order chi connectivity index (χ1) is 3.93. The summed E-state index contributed by atoms with van der Waals surface area (Å²) in [5.41, 5.74) is 0. The van der Waals surface area contributed by atoms with Crippen LogP contribution in [-0.2, 0) is 0 Å². The van der Waals surface area contributed by atoms with Crippen LogP contribution in [0.25, 0.3) is 0 Å². The summed E-state index contributed by atoms with van der Waals surface area (Å²) in [6.07, 6.45) is 1.43. The average Bonchev–Trinajstić information content (AvgIpc) is 2.19. The molecule has 0 bridgehead atoms. The van der Waals surface area contributed by atoms with Crippen molar-refractivity contribution < 1.29 is 0 Å². The quantitative estimate of drug-likeness (QED) is 0.480. The van der Waals surface area contributed by atoms with E-state index in [1.807, 2.05) is 0 Å². The van der Waals surface area contributed by atoms with E-state index in [0.717, 1.165) is 0 Å². The Balaban J connectivity index is 2.88. The maximum absolute atomic E-state index is 3.77. The Morgan fingerprint density at radius 2 is 2.62 bits per heavy atom. The van der Waals surface area contributed by atoms with Crippen LogP contribution in [0.4, 0.5) is 0 Å². The molecule has 8 heavy (non-hydrogen) atoms. The van der Waals surface area contributed by atoms with Gasteiger partial charge in [0.2, 0.25) is 5.82 Å². The molecular formula is C5H5N3. The predicted octanol–water partition coefficient (Wildman–Crippen LogP) is 0.176. The Morgan fingerprint density at radius 1 is 1.75 bits per heavy atom. The molecule has 0 aromatic carbocycles. The molecule has 0 amide bonds. The Labute approximate surface area is 47.1 Å². The smallest absolute Gasteiger partial charge is 0.200 e. The highest BCUT2D eigenvalue weighted by Crippen LogP contribution is 1.76. The first-order valence-corrected chi connectivity index (χ1v) is 2.21. The zero-order valence-corrected chi connectivity index (χ0v) is 4.47. The van der Waals surface area contributed by atoms with Crippen molar-refractivity contribution in [3.05, 3.63) is 12.2 Å². The van der Waals surface area contributed by atoms with E-state index < -0.39 is 0 Å². The summed E-state index contributed by atoms with van der Waals surface area (Å²) in [7, 11) is 0. The summed E-state index contributed by atoms with van der Waals surface area (Å²) in [4.78, 5) is 3.77. The van der Waals surface area contributed by atoms with E-state index in [0.29, 0.717) is 5.82 Å². The lowest BCUT2D eigenvalue weighted by molar-refractivity contribution is 1.08. The van der Waals surface area contributed by atoms with Gasteiger partial charge in [0.15, 0.2) is 0 Å². The first kappa shape index (κ1) is 4.85. The van der Waals surface area contributed by atoms with E-state index in [9.17, 15) is 0 Å². The Bertz CT molecular complexity index is 201.